The normalized spacial score (nSPS) is 13.8. The lowest BCUT2D eigenvalue weighted by Gasteiger charge is -2.25. The molecule has 2 aromatic carbocycles. The zero-order chi connectivity index (χ0) is 14.5. The second kappa shape index (κ2) is 6.78. The maximum atomic E-state index is 6.49. The fourth-order valence-electron chi connectivity index (χ4n) is 2.58. The highest BCUT2D eigenvalue weighted by atomic mass is 35.5. The van der Waals surface area contributed by atoms with Crippen LogP contribution >= 0.6 is 11.6 Å². The first-order chi connectivity index (χ1) is 9.67. The predicted molar refractivity (Wildman–Crippen MR) is 84.4 cm³/mol. The van der Waals surface area contributed by atoms with E-state index in [1.807, 2.05) is 36.4 Å². The van der Waals surface area contributed by atoms with Gasteiger partial charge in [0.05, 0.1) is 7.11 Å². The van der Waals surface area contributed by atoms with E-state index in [0.717, 1.165) is 17.7 Å². The second-order valence-corrected chi connectivity index (χ2v) is 5.27. The molecule has 2 unspecified atom stereocenters. The predicted octanol–water partition coefficient (Wildman–Crippen LogP) is 4.54. The Bertz CT molecular complexity index is 556. The topological polar surface area (TPSA) is 35.2 Å². The molecule has 2 nitrogen and oxygen atoms in total. The summed E-state index contributed by atoms with van der Waals surface area (Å²) in [5, 5.41) is 0.680. The Morgan fingerprint density at radius 3 is 2.45 bits per heavy atom. The number of hydrogen-bond donors (Lipinski definition) is 1. The van der Waals surface area contributed by atoms with Gasteiger partial charge in [0, 0.05) is 22.5 Å². The summed E-state index contributed by atoms with van der Waals surface area (Å²) in [7, 11) is 1.66. The Morgan fingerprint density at radius 1 is 1.15 bits per heavy atom. The van der Waals surface area contributed by atoms with Crippen molar-refractivity contribution < 1.29 is 4.74 Å². The van der Waals surface area contributed by atoms with Crippen LogP contribution in [0.5, 0.6) is 5.75 Å². The third kappa shape index (κ3) is 3.14. The molecule has 0 amide bonds. The highest BCUT2D eigenvalue weighted by molar-refractivity contribution is 6.30. The van der Waals surface area contributed by atoms with Crippen molar-refractivity contribution in [3.8, 4) is 5.75 Å². The lowest BCUT2D eigenvalue weighted by Crippen LogP contribution is -2.20. The molecule has 0 radical (unpaired) electrons. The van der Waals surface area contributed by atoms with Gasteiger partial charge in [0.25, 0.3) is 0 Å². The highest BCUT2D eigenvalue weighted by Crippen LogP contribution is 2.37. The maximum absolute atomic E-state index is 6.49. The second-order valence-electron chi connectivity index (χ2n) is 4.84. The van der Waals surface area contributed by atoms with Crippen molar-refractivity contribution in [2.24, 2.45) is 5.73 Å². The van der Waals surface area contributed by atoms with Crippen molar-refractivity contribution >= 4 is 11.6 Å². The largest absolute Gasteiger partial charge is 0.496 e. The summed E-state index contributed by atoms with van der Waals surface area (Å²) >= 11 is 6.10. The average molecular weight is 290 g/mol. The smallest absolute Gasteiger partial charge is 0.123 e. The zero-order valence-electron chi connectivity index (χ0n) is 11.8. The lowest BCUT2D eigenvalue weighted by molar-refractivity contribution is 0.399. The van der Waals surface area contributed by atoms with E-state index in [1.54, 1.807) is 7.11 Å². The van der Waals surface area contributed by atoms with E-state index in [2.05, 4.69) is 19.1 Å². The molecule has 0 heterocycles. The van der Waals surface area contributed by atoms with E-state index >= 15 is 0 Å². The SMILES string of the molecule is CCC(c1ccccc1)C(N)c1cc(Cl)ccc1OC. The van der Waals surface area contributed by atoms with Gasteiger partial charge in [-0.25, -0.2) is 0 Å². The third-order valence-electron chi connectivity index (χ3n) is 3.65. The fourth-order valence-corrected chi connectivity index (χ4v) is 2.76. The van der Waals surface area contributed by atoms with Gasteiger partial charge in [-0.15, -0.1) is 0 Å². The third-order valence-corrected chi connectivity index (χ3v) is 3.89. The van der Waals surface area contributed by atoms with Crippen molar-refractivity contribution in [2.75, 3.05) is 7.11 Å². The Balaban J connectivity index is 2.38. The van der Waals surface area contributed by atoms with E-state index in [-0.39, 0.29) is 12.0 Å². The Kier molecular flexibility index (Phi) is 5.05. The molecule has 106 valence electrons. The molecule has 2 atom stereocenters. The number of rotatable bonds is 5. The number of methoxy groups -OCH3 is 1. The number of nitrogens with two attached hydrogens (primary N) is 1. The molecule has 0 aliphatic heterocycles. The molecular weight excluding hydrogens is 270 g/mol. The van der Waals surface area contributed by atoms with Crippen LogP contribution in [0.2, 0.25) is 5.02 Å². The minimum atomic E-state index is -0.143. The summed E-state index contributed by atoms with van der Waals surface area (Å²) in [6, 6.07) is 15.8. The van der Waals surface area contributed by atoms with Crippen LogP contribution in [0.25, 0.3) is 0 Å². The van der Waals surface area contributed by atoms with Crippen LogP contribution < -0.4 is 10.5 Å². The van der Waals surface area contributed by atoms with E-state index in [4.69, 9.17) is 22.1 Å². The maximum Gasteiger partial charge on any atom is 0.123 e. The Labute approximate surface area is 125 Å². The summed E-state index contributed by atoms with van der Waals surface area (Å²) in [5.41, 5.74) is 8.68. The fraction of sp³-hybridized carbons (Fsp3) is 0.294. The molecule has 2 aromatic rings. The summed E-state index contributed by atoms with van der Waals surface area (Å²) < 4.78 is 5.41. The minimum absolute atomic E-state index is 0.143. The molecule has 0 spiro atoms. The molecule has 0 aliphatic carbocycles. The van der Waals surface area contributed by atoms with Gasteiger partial charge in [-0.2, -0.15) is 0 Å². The molecule has 0 saturated heterocycles. The molecule has 3 heteroatoms. The van der Waals surface area contributed by atoms with Crippen LogP contribution in [0.4, 0.5) is 0 Å². The van der Waals surface area contributed by atoms with Gasteiger partial charge >= 0.3 is 0 Å². The summed E-state index contributed by atoms with van der Waals surface area (Å²) in [6.07, 6.45) is 0.959. The van der Waals surface area contributed by atoms with Gasteiger partial charge in [0.2, 0.25) is 0 Å². The summed E-state index contributed by atoms with van der Waals surface area (Å²) in [6.45, 7) is 2.15. The first-order valence-corrected chi connectivity index (χ1v) is 7.19. The molecule has 0 saturated carbocycles. The number of ether oxygens (including phenoxy) is 1. The van der Waals surface area contributed by atoms with Crippen molar-refractivity contribution in [3.63, 3.8) is 0 Å². The van der Waals surface area contributed by atoms with Crippen LogP contribution in [0.1, 0.15) is 36.4 Å². The monoisotopic (exact) mass is 289 g/mol. The number of hydrogen-bond acceptors (Lipinski definition) is 2. The van der Waals surface area contributed by atoms with E-state index < -0.39 is 0 Å². The molecule has 0 fully saturated rings. The van der Waals surface area contributed by atoms with E-state index in [1.165, 1.54) is 5.56 Å². The quantitative estimate of drug-likeness (QED) is 0.877. The number of benzene rings is 2. The van der Waals surface area contributed by atoms with E-state index in [9.17, 15) is 0 Å². The Hall–Kier alpha value is -1.51. The summed E-state index contributed by atoms with van der Waals surface area (Å²) in [5.74, 6) is 1.03. The van der Waals surface area contributed by atoms with Gasteiger partial charge in [0.15, 0.2) is 0 Å². The molecule has 0 aliphatic rings. The van der Waals surface area contributed by atoms with Crippen molar-refractivity contribution in [2.45, 2.75) is 25.3 Å². The van der Waals surface area contributed by atoms with Gasteiger partial charge in [-0.3, -0.25) is 0 Å². The van der Waals surface area contributed by atoms with Crippen LogP contribution in [0.3, 0.4) is 0 Å². The number of halogens is 1. The van der Waals surface area contributed by atoms with Crippen molar-refractivity contribution in [1.29, 1.82) is 0 Å². The molecule has 0 aromatic heterocycles. The van der Waals surface area contributed by atoms with Gasteiger partial charge in [-0.05, 0) is 30.2 Å². The standard InChI is InChI=1S/C17H20ClNO/c1-3-14(12-7-5-4-6-8-12)17(19)15-11-13(18)9-10-16(15)20-2/h4-11,14,17H,3,19H2,1-2H3. The van der Waals surface area contributed by atoms with Crippen LogP contribution in [0, 0.1) is 0 Å². The average Bonchev–Trinajstić information content (AvgIpc) is 2.49. The van der Waals surface area contributed by atoms with Crippen LogP contribution in [0.15, 0.2) is 48.5 Å². The van der Waals surface area contributed by atoms with Gasteiger partial charge < -0.3 is 10.5 Å². The van der Waals surface area contributed by atoms with Crippen LogP contribution in [-0.4, -0.2) is 7.11 Å². The highest BCUT2D eigenvalue weighted by Gasteiger charge is 2.22. The van der Waals surface area contributed by atoms with Crippen LogP contribution in [-0.2, 0) is 0 Å². The van der Waals surface area contributed by atoms with Crippen molar-refractivity contribution in [3.05, 3.63) is 64.7 Å². The van der Waals surface area contributed by atoms with Gasteiger partial charge in [0.1, 0.15) is 5.75 Å². The van der Waals surface area contributed by atoms with Crippen molar-refractivity contribution in [1.82, 2.24) is 0 Å². The Morgan fingerprint density at radius 2 is 1.85 bits per heavy atom. The van der Waals surface area contributed by atoms with E-state index in [0.29, 0.717) is 5.02 Å². The summed E-state index contributed by atoms with van der Waals surface area (Å²) in [4.78, 5) is 0. The molecule has 2 N–H and O–H groups in total. The molecule has 2 rings (SSSR count). The molecule has 20 heavy (non-hydrogen) atoms. The van der Waals surface area contributed by atoms with Gasteiger partial charge in [-0.1, -0.05) is 48.9 Å². The minimum Gasteiger partial charge on any atom is -0.496 e. The zero-order valence-corrected chi connectivity index (χ0v) is 12.6. The molecular formula is C17H20ClNO. The molecule has 0 bridgehead atoms. The first-order valence-electron chi connectivity index (χ1n) is 6.81. The lowest BCUT2D eigenvalue weighted by atomic mass is 9.85. The first kappa shape index (κ1) is 14.9.